The van der Waals surface area contributed by atoms with Crippen LogP contribution < -0.4 is 15.4 Å². The minimum Gasteiger partial charge on any atom is -0.444 e. The summed E-state index contributed by atoms with van der Waals surface area (Å²) >= 11 is 6.04. The smallest absolute Gasteiger partial charge is 0.410 e. The van der Waals surface area contributed by atoms with Crippen molar-refractivity contribution in [2.75, 3.05) is 6.54 Å². The maximum absolute atomic E-state index is 14.5. The average molecular weight is 816 g/mol. The van der Waals surface area contributed by atoms with Crippen molar-refractivity contribution in [3.8, 4) is 0 Å². The Morgan fingerprint density at radius 3 is 2.57 bits per heavy atom. The van der Waals surface area contributed by atoms with Crippen LogP contribution in [0, 0.1) is 11.7 Å². The van der Waals surface area contributed by atoms with Crippen molar-refractivity contribution in [1.29, 1.82) is 0 Å². The van der Waals surface area contributed by atoms with Crippen LogP contribution in [0.15, 0.2) is 54.6 Å². The fraction of sp³-hybridized carbons (Fsp3) is 0.513. The molecule has 4 aliphatic rings. The summed E-state index contributed by atoms with van der Waals surface area (Å²) in [5, 5.41) is 5.76. The Labute approximate surface area is 330 Å². The summed E-state index contributed by atoms with van der Waals surface area (Å²) in [6.07, 6.45) is 3.86. The minimum atomic E-state index is -4.24. The highest BCUT2D eigenvalue weighted by atomic mass is 35.5. The van der Waals surface area contributed by atoms with Crippen LogP contribution in [0.4, 0.5) is 14.0 Å². The van der Waals surface area contributed by atoms with Crippen molar-refractivity contribution < 1.29 is 46.3 Å². The average Bonchev–Trinajstić information content (AvgIpc) is 3.40. The molecule has 2 fully saturated rings. The molecule has 0 unspecified atom stereocenters. The van der Waals surface area contributed by atoms with E-state index in [1.54, 1.807) is 57.2 Å². The van der Waals surface area contributed by atoms with Gasteiger partial charge in [0.05, 0.1) is 18.8 Å². The van der Waals surface area contributed by atoms with Gasteiger partial charge in [0, 0.05) is 29.5 Å². The number of nitrogens with one attached hydrogen (secondary N) is 3. The van der Waals surface area contributed by atoms with Gasteiger partial charge in [-0.15, -0.1) is 0 Å². The Bertz CT molecular complexity index is 2020. The molecule has 302 valence electrons. The Morgan fingerprint density at radius 2 is 1.84 bits per heavy atom. The van der Waals surface area contributed by atoms with E-state index in [2.05, 4.69) is 15.4 Å². The normalized spacial score (nSPS) is 26.0. The molecule has 0 bridgehead atoms. The monoisotopic (exact) mass is 815 g/mol. The predicted molar refractivity (Wildman–Crippen MR) is 203 cm³/mol. The number of hydrogen-bond donors (Lipinski definition) is 3. The number of ether oxygens (including phenoxy) is 2. The van der Waals surface area contributed by atoms with Crippen molar-refractivity contribution in [3.63, 3.8) is 0 Å². The van der Waals surface area contributed by atoms with Crippen LogP contribution >= 0.6 is 11.6 Å². The van der Waals surface area contributed by atoms with Crippen LogP contribution in [0.5, 0.6) is 0 Å². The first-order valence-corrected chi connectivity index (χ1v) is 20.8. The summed E-state index contributed by atoms with van der Waals surface area (Å²) in [7, 11) is -4.24. The summed E-state index contributed by atoms with van der Waals surface area (Å²) in [4.78, 5) is 71.5. The molecule has 0 radical (unpaired) electrons. The first-order valence-electron chi connectivity index (χ1n) is 18.7. The fourth-order valence-corrected chi connectivity index (χ4v) is 8.82. The van der Waals surface area contributed by atoms with Gasteiger partial charge in [0.15, 0.2) is 0 Å². The zero-order chi connectivity index (χ0) is 40.4. The Balaban J connectivity index is 1.25. The van der Waals surface area contributed by atoms with E-state index in [1.807, 2.05) is 6.08 Å². The van der Waals surface area contributed by atoms with E-state index in [0.29, 0.717) is 41.0 Å². The molecule has 0 aromatic heterocycles. The number of nitrogens with zero attached hydrogens (tertiary/aromatic N) is 2. The van der Waals surface area contributed by atoms with Crippen molar-refractivity contribution in [3.05, 3.63) is 82.1 Å². The third-order valence-electron chi connectivity index (χ3n) is 10.3. The Kier molecular flexibility index (Phi) is 12.0. The molecule has 3 heterocycles. The van der Waals surface area contributed by atoms with Gasteiger partial charge in [-0.1, -0.05) is 60.9 Å². The largest absolute Gasteiger partial charge is 0.444 e. The second kappa shape index (κ2) is 16.4. The molecule has 5 atom stereocenters. The lowest BCUT2D eigenvalue weighted by Crippen LogP contribution is -2.58. The van der Waals surface area contributed by atoms with Gasteiger partial charge in [0.2, 0.25) is 21.8 Å². The van der Waals surface area contributed by atoms with Gasteiger partial charge in [-0.2, -0.15) is 0 Å². The predicted octanol–water partition coefficient (Wildman–Crippen LogP) is 4.84. The third-order valence-corrected chi connectivity index (χ3v) is 11.7. The summed E-state index contributed by atoms with van der Waals surface area (Å²) in [5.74, 6) is -3.85. The zero-order valence-electron chi connectivity index (χ0n) is 31.5. The van der Waals surface area contributed by atoms with E-state index < -0.39 is 86.7 Å². The van der Waals surface area contributed by atoms with Gasteiger partial charge >= 0.3 is 12.2 Å². The molecule has 3 N–H and O–H groups in total. The van der Waals surface area contributed by atoms with Gasteiger partial charge in [-0.3, -0.25) is 24.0 Å². The maximum atomic E-state index is 14.5. The zero-order valence-corrected chi connectivity index (χ0v) is 33.1. The summed E-state index contributed by atoms with van der Waals surface area (Å²) in [5.41, 5.74) is -1.15. The van der Waals surface area contributed by atoms with Crippen molar-refractivity contribution >= 4 is 51.5 Å². The van der Waals surface area contributed by atoms with Crippen molar-refractivity contribution in [2.45, 2.75) is 114 Å². The standard InChI is InChI=1S/C39H47ClFN5O9S/c1-38(2,3)55-36(50)42-31-16-8-6-4-5-7-13-26-19-39(26,35(49)44-56(52,53)23-24-11-9-14-27(40)17-24)43-33(47)32-18-28(21-46(32)34(31)48)54-37(51)45-20-25-12-10-15-30(41)29(25)22-45/h7,9-15,17,26,28,31-32H,4-6,8,16,18-23H2,1-3H3,(H,42,50)(H,43,47)(H,44,49)/b13-7-/t26-,28-,31+,32+,39-/m1/s1. The number of carbonyl (C=O) groups is 5. The molecule has 3 aliphatic heterocycles. The van der Waals surface area contributed by atoms with Crippen molar-refractivity contribution in [2.24, 2.45) is 5.92 Å². The number of alkyl carbamates (subject to hydrolysis) is 1. The molecule has 1 aliphatic carbocycles. The molecule has 17 heteroatoms. The highest BCUT2D eigenvalue weighted by molar-refractivity contribution is 7.89. The van der Waals surface area contributed by atoms with Gasteiger partial charge < -0.3 is 25.0 Å². The second-order valence-electron chi connectivity index (χ2n) is 15.8. The number of halogens is 2. The van der Waals surface area contributed by atoms with Gasteiger partial charge in [0.25, 0.3) is 5.91 Å². The Hall–Kier alpha value is -4.70. The highest BCUT2D eigenvalue weighted by Gasteiger charge is 2.61. The number of carbonyl (C=O) groups excluding carboxylic acids is 5. The van der Waals surface area contributed by atoms with E-state index >= 15 is 0 Å². The number of hydrogen-bond acceptors (Lipinski definition) is 9. The highest BCUT2D eigenvalue weighted by Crippen LogP contribution is 2.46. The molecule has 14 nitrogen and oxygen atoms in total. The second-order valence-corrected chi connectivity index (χ2v) is 18.0. The molecular formula is C39H47ClFN5O9S. The van der Waals surface area contributed by atoms with Crippen LogP contribution in [0.2, 0.25) is 5.02 Å². The van der Waals surface area contributed by atoms with E-state index in [1.165, 1.54) is 21.9 Å². The number of rotatable bonds is 6. The molecule has 5 amide bonds. The molecular weight excluding hydrogens is 769 g/mol. The Morgan fingerprint density at radius 1 is 1.07 bits per heavy atom. The molecule has 6 rings (SSSR count). The van der Waals surface area contributed by atoms with Crippen LogP contribution in [-0.2, 0) is 52.7 Å². The van der Waals surface area contributed by atoms with Gasteiger partial charge in [0.1, 0.15) is 35.1 Å². The molecule has 0 spiro atoms. The number of fused-ring (bicyclic) bond motifs is 3. The van der Waals surface area contributed by atoms with Crippen LogP contribution in [-0.4, -0.2) is 84.0 Å². The lowest BCUT2D eigenvalue weighted by molar-refractivity contribution is -0.141. The first kappa shape index (κ1) is 40.9. The van der Waals surface area contributed by atoms with Crippen LogP contribution in [0.25, 0.3) is 0 Å². The fourth-order valence-electron chi connectivity index (χ4n) is 7.46. The van der Waals surface area contributed by atoms with Gasteiger partial charge in [-0.05, 0) is 75.8 Å². The number of benzene rings is 2. The summed E-state index contributed by atoms with van der Waals surface area (Å²) in [6.45, 7) is 4.93. The maximum Gasteiger partial charge on any atom is 0.410 e. The lowest BCUT2D eigenvalue weighted by atomic mass is 10.0. The molecule has 1 saturated carbocycles. The number of amides is 5. The van der Waals surface area contributed by atoms with Gasteiger partial charge in [-0.25, -0.2) is 22.4 Å². The minimum absolute atomic E-state index is 0.0191. The van der Waals surface area contributed by atoms with Crippen LogP contribution in [0.1, 0.15) is 82.4 Å². The molecule has 56 heavy (non-hydrogen) atoms. The van der Waals surface area contributed by atoms with E-state index in [0.717, 1.165) is 6.42 Å². The SMILES string of the molecule is CC(C)(C)OC(=O)N[C@H]1CCCCC/C=C\[C@@H]2C[C@@]2(C(=O)NS(=O)(=O)Cc2cccc(Cl)c2)NC(=O)[C@@H]2C[C@@H](OC(=O)N3Cc4cccc(F)c4C3)CN2C1=O. The van der Waals surface area contributed by atoms with Crippen LogP contribution in [0.3, 0.4) is 0 Å². The topological polar surface area (TPSA) is 181 Å². The third kappa shape index (κ3) is 9.81. The first-order chi connectivity index (χ1) is 26.4. The van der Waals surface area contributed by atoms with Crippen molar-refractivity contribution in [1.82, 2.24) is 25.2 Å². The molecule has 2 aromatic carbocycles. The van der Waals surface area contributed by atoms with E-state index in [-0.39, 0.29) is 38.9 Å². The van der Waals surface area contributed by atoms with E-state index in [9.17, 15) is 36.8 Å². The molecule has 1 saturated heterocycles. The summed E-state index contributed by atoms with van der Waals surface area (Å²) in [6, 6.07) is 8.41. The quantitative estimate of drug-likeness (QED) is 0.344. The number of sulfonamides is 1. The van der Waals surface area contributed by atoms with E-state index in [4.69, 9.17) is 21.1 Å². The lowest BCUT2D eigenvalue weighted by Gasteiger charge is -2.30. The number of allylic oxidation sites excluding steroid dienone is 1. The molecule has 2 aromatic rings. The summed E-state index contributed by atoms with van der Waals surface area (Å²) < 4.78 is 54.3.